The molecule has 0 fully saturated rings. The molecule has 7 nitrogen and oxygen atoms in total. The monoisotopic (exact) mass is 503 g/mol. The fourth-order valence-electron chi connectivity index (χ4n) is 4.13. The summed E-state index contributed by atoms with van der Waals surface area (Å²) in [5, 5.41) is 5.85. The summed E-state index contributed by atoms with van der Waals surface area (Å²) in [5.41, 5.74) is 1.39. The van der Waals surface area contributed by atoms with E-state index in [4.69, 9.17) is 4.74 Å². The first-order valence-electron chi connectivity index (χ1n) is 13.2. The standard InChI is InChI=1S/C29H49N3O4/c1-12-14-17-30-25(33)24(22-16-15-19(3)18-21(22)5)32(28(6,7)8)26(34)23(20(4)13-2)31-27(35)36-29(9,10)11/h15-16,18,20,23-24H,12-14,17H2,1-11H3,(H,30,33)(H,31,35). The lowest BCUT2D eigenvalue weighted by Crippen LogP contribution is -2.60. The Balaban J connectivity index is 3.62. The van der Waals surface area contributed by atoms with Gasteiger partial charge in [-0.2, -0.15) is 0 Å². The van der Waals surface area contributed by atoms with Crippen molar-refractivity contribution in [3.8, 4) is 0 Å². The normalized spacial score (nSPS) is 14.4. The quantitative estimate of drug-likeness (QED) is 0.393. The molecule has 0 radical (unpaired) electrons. The summed E-state index contributed by atoms with van der Waals surface area (Å²) in [6.45, 7) is 21.6. The Morgan fingerprint density at radius 2 is 1.64 bits per heavy atom. The Hall–Kier alpha value is -2.57. The molecule has 1 rings (SSSR count). The molecule has 0 spiro atoms. The second-order valence-electron chi connectivity index (χ2n) is 11.8. The summed E-state index contributed by atoms with van der Waals surface area (Å²) in [6, 6.07) is 4.23. The van der Waals surface area contributed by atoms with Gasteiger partial charge in [-0.3, -0.25) is 9.59 Å². The molecule has 0 aliphatic heterocycles. The van der Waals surface area contributed by atoms with E-state index in [1.54, 1.807) is 25.7 Å². The van der Waals surface area contributed by atoms with Crippen molar-refractivity contribution in [1.29, 1.82) is 0 Å². The van der Waals surface area contributed by atoms with Crippen LogP contribution in [0.25, 0.3) is 0 Å². The predicted octanol–water partition coefficient (Wildman–Crippen LogP) is 5.83. The molecule has 1 aromatic rings. The number of hydrogen-bond donors (Lipinski definition) is 2. The Labute approximate surface area is 218 Å². The fourth-order valence-corrected chi connectivity index (χ4v) is 4.13. The molecule has 1 aromatic carbocycles. The number of nitrogens with one attached hydrogen (secondary N) is 2. The zero-order chi connectivity index (χ0) is 27.8. The molecule has 0 aromatic heterocycles. The largest absolute Gasteiger partial charge is 0.444 e. The van der Waals surface area contributed by atoms with Crippen molar-refractivity contribution in [3.05, 3.63) is 34.9 Å². The van der Waals surface area contributed by atoms with Gasteiger partial charge in [0.1, 0.15) is 17.7 Å². The number of benzene rings is 1. The molecule has 36 heavy (non-hydrogen) atoms. The third-order valence-corrected chi connectivity index (χ3v) is 6.17. The molecule has 204 valence electrons. The van der Waals surface area contributed by atoms with Gasteiger partial charge in [0, 0.05) is 12.1 Å². The Morgan fingerprint density at radius 1 is 1.03 bits per heavy atom. The number of alkyl carbamates (subject to hydrolysis) is 1. The Morgan fingerprint density at radius 3 is 2.11 bits per heavy atom. The van der Waals surface area contributed by atoms with E-state index < -0.39 is 29.3 Å². The highest BCUT2D eigenvalue weighted by molar-refractivity contribution is 5.93. The van der Waals surface area contributed by atoms with Crippen LogP contribution >= 0.6 is 0 Å². The van der Waals surface area contributed by atoms with Crippen LogP contribution in [0.3, 0.4) is 0 Å². The molecular formula is C29H49N3O4. The number of unbranched alkanes of at least 4 members (excludes halogenated alkanes) is 1. The van der Waals surface area contributed by atoms with E-state index in [9.17, 15) is 14.4 Å². The van der Waals surface area contributed by atoms with Gasteiger partial charge in [0.15, 0.2) is 0 Å². The first-order valence-corrected chi connectivity index (χ1v) is 13.2. The number of nitrogens with zero attached hydrogens (tertiary/aromatic N) is 1. The highest BCUT2D eigenvalue weighted by Gasteiger charge is 2.43. The lowest BCUT2D eigenvalue weighted by Gasteiger charge is -2.44. The molecule has 3 amide bonds. The Kier molecular flexibility index (Phi) is 11.5. The molecule has 7 heteroatoms. The van der Waals surface area contributed by atoms with Crippen LogP contribution in [0.5, 0.6) is 0 Å². The number of carbonyl (C=O) groups is 3. The van der Waals surface area contributed by atoms with Crippen molar-refractivity contribution in [1.82, 2.24) is 15.5 Å². The fraction of sp³-hybridized carbons (Fsp3) is 0.690. The van der Waals surface area contributed by atoms with Crippen molar-refractivity contribution >= 4 is 17.9 Å². The zero-order valence-electron chi connectivity index (χ0n) is 24.4. The van der Waals surface area contributed by atoms with E-state index in [0.29, 0.717) is 13.0 Å². The highest BCUT2D eigenvalue weighted by atomic mass is 16.6. The molecule has 3 unspecified atom stereocenters. The summed E-state index contributed by atoms with van der Waals surface area (Å²) in [7, 11) is 0. The molecule has 0 saturated carbocycles. The van der Waals surface area contributed by atoms with Gasteiger partial charge in [-0.15, -0.1) is 0 Å². The maximum Gasteiger partial charge on any atom is 0.408 e. The van der Waals surface area contributed by atoms with Crippen molar-refractivity contribution in [3.63, 3.8) is 0 Å². The molecule has 0 aliphatic carbocycles. The highest BCUT2D eigenvalue weighted by Crippen LogP contribution is 2.33. The summed E-state index contributed by atoms with van der Waals surface area (Å²) in [5.74, 6) is -0.699. The van der Waals surface area contributed by atoms with Gasteiger partial charge in [-0.05, 0) is 78.9 Å². The van der Waals surface area contributed by atoms with Gasteiger partial charge < -0.3 is 20.3 Å². The second kappa shape index (κ2) is 13.1. The number of rotatable bonds is 10. The first-order chi connectivity index (χ1) is 16.5. The van der Waals surface area contributed by atoms with Gasteiger partial charge >= 0.3 is 6.09 Å². The number of aryl methyl sites for hydroxylation is 2. The topological polar surface area (TPSA) is 87.7 Å². The van der Waals surface area contributed by atoms with Gasteiger partial charge in [-0.1, -0.05) is 57.4 Å². The lowest BCUT2D eigenvalue weighted by molar-refractivity contribution is -0.149. The Bertz CT molecular complexity index is 899. The van der Waals surface area contributed by atoms with E-state index in [1.165, 1.54) is 0 Å². The summed E-state index contributed by atoms with van der Waals surface area (Å²) >= 11 is 0. The van der Waals surface area contributed by atoms with Crippen molar-refractivity contribution in [2.24, 2.45) is 5.92 Å². The van der Waals surface area contributed by atoms with Crippen LogP contribution < -0.4 is 10.6 Å². The molecule has 0 aliphatic rings. The third kappa shape index (κ3) is 9.14. The van der Waals surface area contributed by atoms with Gasteiger partial charge in [-0.25, -0.2) is 4.79 Å². The number of amides is 3. The van der Waals surface area contributed by atoms with Crippen LogP contribution in [-0.4, -0.2) is 46.5 Å². The minimum absolute atomic E-state index is 0.169. The van der Waals surface area contributed by atoms with Crippen molar-refractivity contribution < 1.29 is 19.1 Å². The maximum absolute atomic E-state index is 14.3. The van der Waals surface area contributed by atoms with Gasteiger partial charge in [0.2, 0.25) is 11.8 Å². The molecular weight excluding hydrogens is 454 g/mol. The minimum Gasteiger partial charge on any atom is -0.444 e. The second-order valence-corrected chi connectivity index (χ2v) is 11.8. The van der Waals surface area contributed by atoms with Crippen molar-refractivity contribution in [2.45, 2.75) is 119 Å². The third-order valence-electron chi connectivity index (χ3n) is 6.17. The van der Waals surface area contributed by atoms with E-state index in [1.807, 2.05) is 66.7 Å². The molecule has 0 bridgehead atoms. The number of carbonyl (C=O) groups excluding carboxylic acids is 3. The molecule has 0 saturated heterocycles. The molecule has 2 N–H and O–H groups in total. The van der Waals surface area contributed by atoms with E-state index in [-0.39, 0.29) is 17.7 Å². The summed E-state index contributed by atoms with van der Waals surface area (Å²) in [6.07, 6.45) is 1.82. The van der Waals surface area contributed by atoms with E-state index >= 15 is 0 Å². The maximum atomic E-state index is 14.3. The van der Waals surface area contributed by atoms with Crippen molar-refractivity contribution in [2.75, 3.05) is 6.54 Å². The smallest absolute Gasteiger partial charge is 0.408 e. The lowest BCUT2D eigenvalue weighted by atomic mass is 9.90. The average Bonchev–Trinajstić information content (AvgIpc) is 2.73. The zero-order valence-corrected chi connectivity index (χ0v) is 24.4. The number of hydrogen-bond acceptors (Lipinski definition) is 4. The van der Waals surface area contributed by atoms with Gasteiger partial charge in [0.05, 0.1) is 0 Å². The van der Waals surface area contributed by atoms with Crippen LogP contribution in [0.15, 0.2) is 18.2 Å². The number of ether oxygens (including phenoxy) is 1. The van der Waals surface area contributed by atoms with E-state index in [0.717, 1.165) is 29.5 Å². The predicted molar refractivity (Wildman–Crippen MR) is 146 cm³/mol. The summed E-state index contributed by atoms with van der Waals surface area (Å²) in [4.78, 5) is 42.4. The van der Waals surface area contributed by atoms with Crippen LogP contribution in [0.4, 0.5) is 4.79 Å². The molecule has 0 heterocycles. The first kappa shape index (κ1) is 31.5. The van der Waals surface area contributed by atoms with Crippen LogP contribution in [-0.2, 0) is 14.3 Å². The van der Waals surface area contributed by atoms with Gasteiger partial charge in [0.25, 0.3) is 0 Å². The average molecular weight is 504 g/mol. The minimum atomic E-state index is -0.847. The SMILES string of the molecule is CCCCNC(=O)C(c1ccc(C)cc1C)N(C(=O)C(NC(=O)OC(C)(C)C)C(C)CC)C(C)(C)C. The summed E-state index contributed by atoms with van der Waals surface area (Å²) < 4.78 is 5.47. The molecule has 3 atom stereocenters. The van der Waals surface area contributed by atoms with Crippen LogP contribution in [0, 0.1) is 19.8 Å². The van der Waals surface area contributed by atoms with Crippen LogP contribution in [0.2, 0.25) is 0 Å². The van der Waals surface area contributed by atoms with E-state index in [2.05, 4.69) is 17.6 Å². The van der Waals surface area contributed by atoms with Crippen LogP contribution in [0.1, 0.15) is 104 Å².